The summed E-state index contributed by atoms with van der Waals surface area (Å²) in [4.78, 5) is 2.35. The van der Waals surface area contributed by atoms with Crippen molar-refractivity contribution in [2.45, 2.75) is 39.2 Å². The molecule has 2 nitrogen and oxygen atoms in total. The van der Waals surface area contributed by atoms with Crippen molar-refractivity contribution in [3.63, 3.8) is 0 Å². The highest BCUT2D eigenvalue weighted by atomic mass is 32.1. The van der Waals surface area contributed by atoms with Crippen molar-refractivity contribution in [1.82, 2.24) is 4.90 Å². The third-order valence-electron chi connectivity index (χ3n) is 3.04. The minimum Gasteiger partial charge on any atom is -0.463 e. The van der Waals surface area contributed by atoms with Gasteiger partial charge in [0.2, 0.25) is 4.38 Å². The molecule has 1 aliphatic heterocycles. The summed E-state index contributed by atoms with van der Waals surface area (Å²) in [7, 11) is 0. The summed E-state index contributed by atoms with van der Waals surface area (Å²) in [6, 6.07) is 0.612. The first-order valence-corrected chi connectivity index (χ1v) is 6.08. The quantitative estimate of drug-likeness (QED) is 0.595. The Morgan fingerprint density at radius 1 is 1.57 bits per heavy atom. The Labute approximate surface area is 97.4 Å². The summed E-state index contributed by atoms with van der Waals surface area (Å²) in [5, 5.41) is 0. The molecule has 1 saturated heterocycles. The van der Waals surface area contributed by atoms with Crippen LogP contribution >= 0.6 is 24.8 Å². The highest BCUT2D eigenvalue weighted by Crippen LogP contribution is 2.23. The number of likely N-dealkylation sites (tertiary alicyclic amines) is 1. The van der Waals surface area contributed by atoms with Gasteiger partial charge in [-0.3, -0.25) is 4.90 Å². The normalized spacial score (nSPS) is 28.8. The fourth-order valence-corrected chi connectivity index (χ4v) is 2.02. The molecule has 0 aliphatic carbocycles. The van der Waals surface area contributed by atoms with Gasteiger partial charge in [0.15, 0.2) is 0 Å². The van der Waals surface area contributed by atoms with E-state index in [9.17, 15) is 0 Å². The molecule has 0 radical (unpaired) electrons. The van der Waals surface area contributed by atoms with E-state index in [2.05, 4.69) is 31.4 Å². The van der Waals surface area contributed by atoms with Gasteiger partial charge in [0.1, 0.15) is 6.73 Å². The van der Waals surface area contributed by atoms with Crippen LogP contribution < -0.4 is 0 Å². The molecule has 0 spiro atoms. The second kappa shape index (κ2) is 5.93. The lowest BCUT2D eigenvalue weighted by Crippen LogP contribution is -2.42. The molecule has 0 saturated carbocycles. The number of hydrogen-bond acceptors (Lipinski definition) is 3. The van der Waals surface area contributed by atoms with E-state index in [1.54, 1.807) is 0 Å². The Hall–Kier alpha value is 0.200. The molecule has 0 aromatic carbocycles. The van der Waals surface area contributed by atoms with Crippen molar-refractivity contribution in [3.05, 3.63) is 0 Å². The first-order chi connectivity index (χ1) is 6.63. The van der Waals surface area contributed by atoms with Crippen LogP contribution in [0.4, 0.5) is 0 Å². The van der Waals surface area contributed by atoms with E-state index >= 15 is 0 Å². The van der Waals surface area contributed by atoms with Gasteiger partial charge in [0.25, 0.3) is 0 Å². The van der Waals surface area contributed by atoms with E-state index in [4.69, 9.17) is 17.0 Å². The van der Waals surface area contributed by atoms with Gasteiger partial charge in [-0.05, 0) is 37.9 Å². The highest BCUT2D eigenvalue weighted by Gasteiger charge is 2.24. The number of thiocarbonyl (C=S) groups is 1. The predicted octanol–water partition coefficient (Wildman–Crippen LogP) is 2.69. The van der Waals surface area contributed by atoms with Crippen LogP contribution in [0.15, 0.2) is 0 Å². The molecule has 1 aliphatic rings. The number of thiol groups is 1. The standard InChI is InChI=1S/C10H19NOS2/c1-3-9-5-4-8(2)11(6-9)7-12-10(13)14/h8-9H,3-7H2,1-2H3,(H,13,14)/t8-,9-/m0/s1. The van der Waals surface area contributed by atoms with Gasteiger partial charge in [-0.1, -0.05) is 26.0 Å². The third-order valence-corrected chi connectivity index (χ3v) is 3.29. The molecule has 1 fully saturated rings. The summed E-state index contributed by atoms with van der Waals surface area (Å²) in [5.41, 5.74) is 0. The summed E-state index contributed by atoms with van der Waals surface area (Å²) >= 11 is 8.73. The zero-order valence-electron chi connectivity index (χ0n) is 8.90. The van der Waals surface area contributed by atoms with Crippen LogP contribution in [0, 0.1) is 5.92 Å². The number of nitrogens with zero attached hydrogens (tertiary/aromatic N) is 1. The molecule has 1 rings (SSSR count). The van der Waals surface area contributed by atoms with Crippen molar-refractivity contribution >= 4 is 29.2 Å². The van der Waals surface area contributed by atoms with Crippen molar-refractivity contribution in [2.75, 3.05) is 13.3 Å². The monoisotopic (exact) mass is 233 g/mol. The Bertz CT molecular complexity index is 199. The molecule has 0 unspecified atom stereocenters. The van der Waals surface area contributed by atoms with E-state index in [0.717, 1.165) is 12.5 Å². The lowest BCUT2D eigenvalue weighted by molar-refractivity contribution is 0.0390. The lowest BCUT2D eigenvalue weighted by atomic mass is 9.92. The summed E-state index contributed by atoms with van der Waals surface area (Å²) in [6.45, 7) is 6.23. The van der Waals surface area contributed by atoms with Gasteiger partial charge in [-0.25, -0.2) is 0 Å². The smallest absolute Gasteiger partial charge is 0.218 e. The maximum Gasteiger partial charge on any atom is 0.218 e. The van der Waals surface area contributed by atoms with Crippen LogP contribution in [-0.2, 0) is 4.74 Å². The summed E-state index contributed by atoms with van der Waals surface area (Å²) < 4.78 is 5.61. The maximum atomic E-state index is 5.27. The third kappa shape index (κ3) is 3.75. The van der Waals surface area contributed by atoms with Gasteiger partial charge in [0, 0.05) is 12.6 Å². The van der Waals surface area contributed by atoms with Crippen LogP contribution in [-0.4, -0.2) is 28.6 Å². The molecule has 2 atom stereocenters. The molecule has 0 aromatic heterocycles. The van der Waals surface area contributed by atoms with Gasteiger partial charge in [-0.2, -0.15) is 0 Å². The first kappa shape index (κ1) is 12.3. The fourth-order valence-electron chi connectivity index (χ4n) is 1.91. The predicted molar refractivity (Wildman–Crippen MR) is 66.7 cm³/mol. The van der Waals surface area contributed by atoms with E-state index in [0.29, 0.717) is 17.2 Å². The minimum atomic E-state index is 0.343. The molecular formula is C10H19NOS2. The SMILES string of the molecule is CC[C@H]1CC[C@H](C)N(COC(=S)S)C1. The molecular weight excluding hydrogens is 214 g/mol. The largest absolute Gasteiger partial charge is 0.463 e. The Morgan fingerprint density at radius 3 is 2.86 bits per heavy atom. The van der Waals surface area contributed by atoms with Gasteiger partial charge in [0.05, 0.1) is 0 Å². The Balaban J connectivity index is 2.36. The summed E-state index contributed by atoms with van der Waals surface area (Å²) in [6.07, 6.45) is 3.87. The van der Waals surface area contributed by atoms with E-state index in [-0.39, 0.29) is 0 Å². The van der Waals surface area contributed by atoms with Crippen molar-refractivity contribution in [2.24, 2.45) is 5.92 Å². The van der Waals surface area contributed by atoms with Crippen molar-refractivity contribution in [3.8, 4) is 0 Å². The van der Waals surface area contributed by atoms with Crippen LogP contribution in [0.1, 0.15) is 33.1 Å². The average Bonchev–Trinajstić information content (AvgIpc) is 2.16. The maximum absolute atomic E-state index is 5.27. The molecule has 0 N–H and O–H groups in total. The van der Waals surface area contributed by atoms with E-state index < -0.39 is 0 Å². The van der Waals surface area contributed by atoms with Crippen molar-refractivity contribution < 1.29 is 4.74 Å². The van der Waals surface area contributed by atoms with Gasteiger partial charge >= 0.3 is 0 Å². The first-order valence-electron chi connectivity index (χ1n) is 5.23. The molecule has 0 amide bonds. The Kier molecular flexibility index (Phi) is 5.20. The molecule has 0 bridgehead atoms. The molecule has 14 heavy (non-hydrogen) atoms. The second-order valence-electron chi connectivity index (χ2n) is 4.01. The zero-order valence-corrected chi connectivity index (χ0v) is 10.6. The number of piperidine rings is 1. The molecule has 0 aromatic rings. The molecule has 4 heteroatoms. The average molecular weight is 233 g/mol. The second-order valence-corrected chi connectivity index (χ2v) is 5.09. The number of hydrogen-bond donors (Lipinski definition) is 1. The molecule has 82 valence electrons. The number of rotatable bonds is 3. The van der Waals surface area contributed by atoms with E-state index in [1.165, 1.54) is 19.3 Å². The summed E-state index contributed by atoms with van der Waals surface area (Å²) in [5.74, 6) is 0.822. The topological polar surface area (TPSA) is 12.5 Å². The number of ether oxygens (including phenoxy) is 1. The fraction of sp³-hybridized carbons (Fsp3) is 0.900. The zero-order chi connectivity index (χ0) is 10.6. The minimum absolute atomic E-state index is 0.343. The van der Waals surface area contributed by atoms with Crippen LogP contribution in [0.5, 0.6) is 0 Å². The highest BCUT2D eigenvalue weighted by molar-refractivity contribution is 8.10. The van der Waals surface area contributed by atoms with Gasteiger partial charge < -0.3 is 4.74 Å². The van der Waals surface area contributed by atoms with Crippen LogP contribution in [0.25, 0.3) is 0 Å². The van der Waals surface area contributed by atoms with Crippen LogP contribution in [0.2, 0.25) is 0 Å². The van der Waals surface area contributed by atoms with E-state index in [1.807, 2.05) is 0 Å². The Morgan fingerprint density at radius 2 is 2.29 bits per heavy atom. The van der Waals surface area contributed by atoms with Crippen molar-refractivity contribution in [1.29, 1.82) is 0 Å². The lowest BCUT2D eigenvalue weighted by Gasteiger charge is -2.37. The van der Waals surface area contributed by atoms with Gasteiger partial charge in [-0.15, -0.1) is 0 Å². The molecule has 1 heterocycles. The van der Waals surface area contributed by atoms with Crippen LogP contribution in [0.3, 0.4) is 0 Å².